The number of thiophene rings is 1. The molecular formula is C28H27NO3S. The van der Waals surface area contributed by atoms with Crippen LogP contribution in [0, 0.1) is 5.92 Å². The predicted octanol–water partition coefficient (Wildman–Crippen LogP) is 6.23. The lowest BCUT2D eigenvalue weighted by Crippen LogP contribution is -2.47. The highest BCUT2D eigenvalue weighted by Crippen LogP contribution is 2.41. The normalized spacial score (nSPS) is 14.3. The first-order chi connectivity index (χ1) is 16.1. The van der Waals surface area contributed by atoms with E-state index in [1.807, 2.05) is 60.7 Å². The number of rotatable bonds is 8. The highest BCUT2D eigenvalue weighted by molar-refractivity contribution is 7.22. The fourth-order valence-corrected chi connectivity index (χ4v) is 5.60. The van der Waals surface area contributed by atoms with Crippen molar-refractivity contribution < 1.29 is 14.6 Å². The molecule has 5 heteroatoms. The maximum atomic E-state index is 13.6. The van der Waals surface area contributed by atoms with Gasteiger partial charge in [0.2, 0.25) is 0 Å². The van der Waals surface area contributed by atoms with Gasteiger partial charge in [-0.3, -0.25) is 9.69 Å². The number of benzene rings is 3. The van der Waals surface area contributed by atoms with Crippen molar-refractivity contribution in [3.63, 3.8) is 0 Å². The molecule has 4 aromatic rings. The Kier molecular flexibility index (Phi) is 6.16. The standard InChI is InChI=1S/C28H27NO3S/c1-2-19-17-29(18-19)14-15-32-23-11-8-20(9-12-23)27(31)26-24-13-10-22(30)16-25(24)33-28(26)21-6-4-3-5-7-21/h3-13,16,19,30H,2,14-15,17-18H2,1H3. The SMILES string of the molecule is CCC1CN(CCOc2ccc(C(=O)c3c(-c4ccccc4)sc4cc(O)ccc34)cc2)C1. The third-order valence-electron chi connectivity index (χ3n) is 6.34. The molecule has 0 amide bonds. The van der Waals surface area contributed by atoms with Gasteiger partial charge >= 0.3 is 0 Å². The van der Waals surface area contributed by atoms with Gasteiger partial charge in [-0.2, -0.15) is 0 Å². The van der Waals surface area contributed by atoms with Crippen LogP contribution in [0.25, 0.3) is 20.5 Å². The Labute approximate surface area is 198 Å². The lowest BCUT2D eigenvalue weighted by atomic mass is 9.97. The van der Waals surface area contributed by atoms with Crippen molar-refractivity contribution in [1.82, 2.24) is 4.90 Å². The Morgan fingerprint density at radius 1 is 1.06 bits per heavy atom. The number of ketones is 1. The fourth-order valence-electron chi connectivity index (χ4n) is 4.36. The van der Waals surface area contributed by atoms with E-state index in [4.69, 9.17) is 4.74 Å². The van der Waals surface area contributed by atoms with Crippen molar-refractivity contribution in [3.8, 4) is 21.9 Å². The van der Waals surface area contributed by atoms with E-state index in [1.165, 1.54) is 30.8 Å². The van der Waals surface area contributed by atoms with E-state index in [1.54, 1.807) is 12.1 Å². The maximum Gasteiger partial charge on any atom is 0.195 e. The fraction of sp³-hybridized carbons (Fsp3) is 0.250. The van der Waals surface area contributed by atoms with E-state index in [-0.39, 0.29) is 11.5 Å². The van der Waals surface area contributed by atoms with Gasteiger partial charge in [-0.05, 0) is 53.9 Å². The smallest absolute Gasteiger partial charge is 0.195 e. The summed E-state index contributed by atoms with van der Waals surface area (Å²) < 4.78 is 6.80. The number of fused-ring (bicyclic) bond motifs is 1. The quantitative estimate of drug-likeness (QED) is 0.319. The Balaban J connectivity index is 1.36. The Morgan fingerprint density at radius 3 is 2.55 bits per heavy atom. The zero-order valence-corrected chi connectivity index (χ0v) is 19.5. The number of phenols is 1. The first kappa shape index (κ1) is 21.7. The number of hydrogen-bond acceptors (Lipinski definition) is 5. The summed E-state index contributed by atoms with van der Waals surface area (Å²) in [6.07, 6.45) is 1.25. The lowest BCUT2D eigenvalue weighted by molar-refractivity contribution is 0.0806. The number of aromatic hydroxyl groups is 1. The number of likely N-dealkylation sites (tertiary alicyclic amines) is 1. The monoisotopic (exact) mass is 457 g/mol. The van der Waals surface area contributed by atoms with Gasteiger partial charge in [-0.25, -0.2) is 0 Å². The molecule has 5 rings (SSSR count). The molecule has 33 heavy (non-hydrogen) atoms. The van der Waals surface area contributed by atoms with Crippen LogP contribution in [0.1, 0.15) is 29.3 Å². The van der Waals surface area contributed by atoms with Gasteiger partial charge < -0.3 is 9.84 Å². The van der Waals surface area contributed by atoms with Crippen molar-refractivity contribution in [2.45, 2.75) is 13.3 Å². The first-order valence-electron chi connectivity index (χ1n) is 11.4. The topological polar surface area (TPSA) is 49.8 Å². The van der Waals surface area contributed by atoms with Gasteiger partial charge in [-0.15, -0.1) is 11.3 Å². The second-order valence-electron chi connectivity index (χ2n) is 8.59. The molecule has 3 aromatic carbocycles. The molecule has 0 saturated carbocycles. The van der Waals surface area contributed by atoms with E-state index in [2.05, 4.69) is 11.8 Å². The third-order valence-corrected chi connectivity index (χ3v) is 7.54. The molecule has 0 spiro atoms. The van der Waals surface area contributed by atoms with Gasteiger partial charge in [0.1, 0.15) is 18.1 Å². The van der Waals surface area contributed by atoms with E-state index in [9.17, 15) is 9.90 Å². The highest BCUT2D eigenvalue weighted by atomic mass is 32.1. The van der Waals surface area contributed by atoms with E-state index in [0.717, 1.165) is 38.7 Å². The number of nitrogens with zero attached hydrogens (tertiary/aromatic N) is 1. The average molecular weight is 458 g/mol. The number of ether oxygens (including phenoxy) is 1. The summed E-state index contributed by atoms with van der Waals surface area (Å²) >= 11 is 1.53. The summed E-state index contributed by atoms with van der Waals surface area (Å²) in [6, 6.07) is 22.6. The predicted molar refractivity (Wildman–Crippen MR) is 135 cm³/mol. The van der Waals surface area contributed by atoms with Crippen LogP contribution < -0.4 is 4.74 Å². The molecule has 0 radical (unpaired) electrons. The van der Waals surface area contributed by atoms with Gasteiger partial charge in [0, 0.05) is 45.7 Å². The summed E-state index contributed by atoms with van der Waals surface area (Å²) in [4.78, 5) is 16.9. The second kappa shape index (κ2) is 9.38. The third kappa shape index (κ3) is 4.52. The molecule has 0 atom stereocenters. The van der Waals surface area contributed by atoms with Crippen LogP contribution in [-0.4, -0.2) is 42.0 Å². The van der Waals surface area contributed by atoms with E-state index >= 15 is 0 Å². The van der Waals surface area contributed by atoms with Crippen LogP contribution in [0.3, 0.4) is 0 Å². The Bertz CT molecular complexity index is 1260. The minimum Gasteiger partial charge on any atom is -0.508 e. The van der Waals surface area contributed by atoms with Crippen LogP contribution in [-0.2, 0) is 0 Å². The van der Waals surface area contributed by atoms with Gasteiger partial charge in [0.25, 0.3) is 0 Å². The van der Waals surface area contributed by atoms with Gasteiger partial charge in [-0.1, -0.05) is 43.7 Å². The number of carbonyl (C=O) groups excluding carboxylic acids is 1. The van der Waals surface area contributed by atoms with E-state index < -0.39 is 0 Å². The molecule has 2 heterocycles. The van der Waals surface area contributed by atoms with Crippen molar-refractivity contribution >= 4 is 27.2 Å². The van der Waals surface area contributed by atoms with Crippen LogP contribution in [0.5, 0.6) is 11.5 Å². The maximum absolute atomic E-state index is 13.6. The second-order valence-corrected chi connectivity index (χ2v) is 9.64. The molecule has 1 aliphatic heterocycles. The van der Waals surface area contributed by atoms with Crippen LogP contribution in [0.2, 0.25) is 0 Å². The number of carbonyl (C=O) groups is 1. The Hall–Kier alpha value is -3.15. The molecule has 0 unspecified atom stereocenters. The Morgan fingerprint density at radius 2 is 1.82 bits per heavy atom. The minimum absolute atomic E-state index is 0.0245. The number of hydrogen-bond donors (Lipinski definition) is 1. The average Bonchev–Trinajstić information content (AvgIpc) is 3.19. The molecule has 1 aromatic heterocycles. The summed E-state index contributed by atoms with van der Waals surface area (Å²) in [5, 5.41) is 10.8. The molecular weight excluding hydrogens is 430 g/mol. The van der Waals surface area contributed by atoms with Crippen molar-refractivity contribution in [3.05, 3.63) is 83.9 Å². The van der Waals surface area contributed by atoms with Gasteiger partial charge in [0.15, 0.2) is 5.78 Å². The summed E-state index contributed by atoms with van der Waals surface area (Å²) in [5.41, 5.74) is 2.30. The van der Waals surface area contributed by atoms with Crippen LogP contribution in [0.4, 0.5) is 0 Å². The molecule has 0 bridgehead atoms. The zero-order valence-electron chi connectivity index (χ0n) is 18.7. The molecule has 1 saturated heterocycles. The summed E-state index contributed by atoms with van der Waals surface area (Å²) in [5.74, 6) is 1.80. The first-order valence-corrected chi connectivity index (χ1v) is 12.2. The largest absolute Gasteiger partial charge is 0.508 e. The molecule has 4 nitrogen and oxygen atoms in total. The molecule has 1 fully saturated rings. The van der Waals surface area contributed by atoms with E-state index in [0.29, 0.717) is 17.7 Å². The summed E-state index contributed by atoms with van der Waals surface area (Å²) in [7, 11) is 0. The highest BCUT2D eigenvalue weighted by Gasteiger charge is 2.24. The molecule has 1 aliphatic rings. The minimum atomic E-state index is -0.0245. The molecule has 168 valence electrons. The molecule has 0 aliphatic carbocycles. The van der Waals surface area contributed by atoms with Crippen molar-refractivity contribution in [2.24, 2.45) is 5.92 Å². The zero-order chi connectivity index (χ0) is 22.8. The van der Waals surface area contributed by atoms with Crippen LogP contribution in [0.15, 0.2) is 72.8 Å². The van der Waals surface area contributed by atoms with Crippen molar-refractivity contribution in [2.75, 3.05) is 26.2 Å². The van der Waals surface area contributed by atoms with Crippen molar-refractivity contribution in [1.29, 1.82) is 0 Å². The molecule has 1 N–H and O–H groups in total. The van der Waals surface area contributed by atoms with Crippen LogP contribution >= 0.6 is 11.3 Å². The lowest BCUT2D eigenvalue weighted by Gasteiger charge is -2.38. The van der Waals surface area contributed by atoms with Gasteiger partial charge in [0.05, 0.1) is 0 Å². The number of phenolic OH excluding ortho intramolecular Hbond substituents is 1. The summed E-state index contributed by atoms with van der Waals surface area (Å²) in [6.45, 7) is 6.17.